The van der Waals surface area contributed by atoms with Gasteiger partial charge >= 0.3 is 0 Å². The van der Waals surface area contributed by atoms with Crippen molar-refractivity contribution in [1.29, 1.82) is 0 Å². The molecular weight excluding hydrogens is 320 g/mol. The van der Waals surface area contributed by atoms with Crippen LogP contribution in [-0.4, -0.2) is 39.4 Å². The molecule has 130 valence electrons. The highest BCUT2D eigenvalue weighted by Crippen LogP contribution is 2.31. The van der Waals surface area contributed by atoms with E-state index in [4.69, 9.17) is 0 Å². The van der Waals surface area contributed by atoms with Gasteiger partial charge in [-0.15, -0.1) is 0 Å². The van der Waals surface area contributed by atoms with Gasteiger partial charge in [0.1, 0.15) is 6.54 Å². The SMILES string of the molecule is Cc1ccn(CC(=O)N[C@@H]2CC(=O)N(C)[C@H]2c2cccnc2)c(=O)c1. The van der Waals surface area contributed by atoms with Crippen LogP contribution in [-0.2, 0) is 16.1 Å². The summed E-state index contributed by atoms with van der Waals surface area (Å²) in [4.78, 5) is 42.1. The number of aryl methyl sites for hydroxylation is 1. The lowest BCUT2D eigenvalue weighted by Gasteiger charge is -2.25. The lowest BCUT2D eigenvalue weighted by Crippen LogP contribution is -2.41. The van der Waals surface area contributed by atoms with Crippen LogP contribution in [0.3, 0.4) is 0 Å². The van der Waals surface area contributed by atoms with Crippen LogP contribution in [0, 0.1) is 6.92 Å². The van der Waals surface area contributed by atoms with E-state index in [1.165, 1.54) is 10.6 Å². The molecule has 0 spiro atoms. The third-order valence-corrected chi connectivity index (χ3v) is 4.42. The molecule has 0 unspecified atom stereocenters. The van der Waals surface area contributed by atoms with Crippen molar-refractivity contribution in [2.75, 3.05) is 7.05 Å². The van der Waals surface area contributed by atoms with Crippen LogP contribution in [0.15, 0.2) is 47.7 Å². The number of likely N-dealkylation sites (N-methyl/N-ethyl adjacent to an activating group) is 1. The second-order valence-corrected chi connectivity index (χ2v) is 6.28. The van der Waals surface area contributed by atoms with Crippen molar-refractivity contribution in [2.45, 2.75) is 32.0 Å². The van der Waals surface area contributed by atoms with Crippen molar-refractivity contribution < 1.29 is 9.59 Å². The average molecular weight is 340 g/mol. The molecule has 2 aromatic rings. The first-order chi connectivity index (χ1) is 12.0. The van der Waals surface area contributed by atoms with Gasteiger partial charge in [0, 0.05) is 38.1 Å². The highest BCUT2D eigenvalue weighted by Gasteiger charge is 2.39. The number of nitrogens with one attached hydrogen (secondary N) is 1. The zero-order valence-corrected chi connectivity index (χ0v) is 14.2. The quantitative estimate of drug-likeness (QED) is 0.885. The summed E-state index contributed by atoms with van der Waals surface area (Å²) in [6.07, 6.45) is 5.19. The number of pyridine rings is 2. The van der Waals surface area contributed by atoms with Gasteiger partial charge in [0.25, 0.3) is 5.56 Å². The fraction of sp³-hybridized carbons (Fsp3) is 0.333. The Labute approximate surface area is 145 Å². The normalized spacial score (nSPS) is 19.9. The summed E-state index contributed by atoms with van der Waals surface area (Å²) < 4.78 is 1.35. The Bertz CT molecular complexity index is 847. The molecule has 7 nitrogen and oxygen atoms in total. The molecule has 1 N–H and O–H groups in total. The van der Waals surface area contributed by atoms with E-state index in [-0.39, 0.29) is 42.4 Å². The molecule has 3 rings (SSSR count). The molecule has 2 atom stereocenters. The first kappa shape index (κ1) is 16.9. The molecule has 1 aliphatic heterocycles. The fourth-order valence-corrected chi connectivity index (χ4v) is 3.15. The monoisotopic (exact) mass is 340 g/mol. The zero-order chi connectivity index (χ0) is 18.0. The Kier molecular flexibility index (Phi) is 4.65. The molecule has 2 amide bonds. The molecule has 2 aromatic heterocycles. The first-order valence-corrected chi connectivity index (χ1v) is 8.08. The maximum atomic E-state index is 12.4. The molecule has 0 saturated carbocycles. The average Bonchev–Trinajstić information content (AvgIpc) is 2.85. The second kappa shape index (κ2) is 6.88. The maximum Gasteiger partial charge on any atom is 0.251 e. The van der Waals surface area contributed by atoms with E-state index in [0.717, 1.165) is 11.1 Å². The minimum atomic E-state index is -0.352. The van der Waals surface area contributed by atoms with Crippen LogP contribution in [0.5, 0.6) is 0 Å². The number of rotatable bonds is 4. The first-order valence-electron chi connectivity index (χ1n) is 8.08. The Hall–Kier alpha value is -2.96. The van der Waals surface area contributed by atoms with Crippen molar-refractivity contribution >= 4 is 11.8 Å². The van der Waals surface area contributed by atoms with Gasteiger partial charge in [-0.1, -0.05) is 6.07 Å². The number of carbonyl (C=O) groups is 2. The molecule has 0 radical (unpaired) electrons. The molecule has 1 fully saturated rings. The number of carbonyl (C=O) groups excluding carboxylic acids is 2. The summed E-state index contributed by atoms with van der Waals surface area (Å²) >= 11 is 0. The summed E-state index contributed by atoms with van der Waals surface area (Å²) in [5.74, 6) is -0.334. The summed E-state index contributed by atoms with van der Waals surface area (Å²) in [5, 5.41) is 2.89. The number of likely N-dealkylation sites (tertiary alicyclic amines) is 1. The fourth-order valence-electron chi connectivity index (χ4n) is 3.15. The number of aromatic nitrogens is 2. The van der Waals surface area contributed by atoms with Crippen molar-refractivity contribution in [1.82, 2.24) is 19.8 Å². The van der Waals surface area contributed by atoms with Gasteiger partial charge in [-0.05, 0) is 30.2 Å². The largest absolute Gasteiger partial charge is 0.349 e. The van der Waals surface area contributed by atoms with E-state index in [1.807, 2.05) is 13.0 Å². The van der Waals surface area contributed by atoms with Gasteiger partial charge in [-0.3, -0.25) is 19.4 Å². The van der Waals surface area contributed by atoms with Crippen LogP contribution in [0.2, 0.25) is 0 Å². The van der Waals surface area contributed by atoms with Gasteiger partial charge in [0.15, 0.2) is 0 Å². The van der Waals surface area contributed by atoms with E-state index in [9.17, 15) is 14.4 Å². The van der Waals surface area contributed by atoms with Gasteiger partial charge in [0.05, 0.1) is 12.1 Å². The molecule has 1 aliphatic rings. The zero-order valence-electron chi connectivity index (χ0n) is 14.2. The molecular formula is C18H20N4O3. The molecule has 0 aliphatic carbocycles. The van der Waals surface area contributed by atoms with E-state index < -0.39 is 0 Å². The smallest absolute Gasteiger partial charge is 0.251 e. The second-order valence-electron chi connectivity index (χ2n) is 6.28. The number of hydrogen-bond donors (Lipinski definition) is 1. The number of nitrogens with zero attached hydrogens (tertiary/aromatic N) is 3. The van der Waals surface area contributed by atoms with E-state index in [1.54, 1.807) is 42.7 Å². The molecule has 25 heavy (non-hydrogen) atoms. The van der Waals surface area contributed by atoms with Crippen LogP contribution in [0.25, 0.3) is 0 Å². The standard InChI is InChI=1S/C18H20N4O3/c1-12-5-7-22(17(25)8-12)11-15(23)20-14-9-16(24)21(2)18(14)13-4-3-6-19-10-13/h3-8,10,14,18H,9,11H2,1-2H3,(H,20,23)/t14-,18+/m1/s1. The Morgan fingerprint density at radius 1 is 1.36 bits per heavy atom. The third-order valence-electron chi connectivity index (χ3n) is 4.42. The highest BCUT2D eigenvalue weighted by atomic mass is 16.2. The van der Waals surface area contributed by atoms with E-state index >= 15 is 0 Å². The number of amides is 2. The van der Waals surface area contributed by atoms with Crippen molar-refractivity contribution in [2.24, 2.45) is 0 Å². The van der Waals surface area contributed by atoms with Crippen LogP contribution in [0.1, 0.15) is 23.6 Å². The van der Waals surface area contributed by atoms with Gasteiger partial charge in [0.2, 0.25) is 11.8 Å². The van der Waals surface area contributed by atoms with Gasteiger partial charge < -0.3 is 14.8 Å². The summed E-state index contributed by atoms with van der Waals surface area (Å²) in [6.45, 7) is 1.75. The lowest BCUT2D eigenvalue weighted by molar-refractivity contribution is -0.127. The van der Waals surface area contributed by atoms with Crippen LogP contribution in [0.4, 0.5) is 0 Å². The Morgan fingerprint density at radius 3 is 2.84 bits per heavy atom. The van der Waals surface area contributed by atoms with E-state index in [2.05, 4.69) is 10.3 Å². The van der Waals surface area contributed by atoms with Crippen molar-refractivity contribution in [3.63, 3.8) is 0 Å². The molecule has 3 heterocycles. The summed E-state index contributed by atoms with van der Waals surface area (Å²) in [6, 6.07) is 6.33. The predicted octanol–water partition coefficient (Wildman–Crippen LogP) is 0.640. The van der Waals surface area contributed by atoms with Crippen LogP contribution >= 0.6 is 0 Å². The highest BCUT2D eigenvalue weighted by molar-refractivity contribution is 5.83. The number of hydrogen-bond acceptors (Lipinski definition) is 4. The van der Waals surface area contributed by atoms with Crippen LogP contribution < -0.4 is 10.9 Å². The maximum absolute atomic E-state index is 12.4. The van der Waals surface area contributed by atoms with Gasteiger partial charge in [-0.25, -0.2) is 0 Å². The summed E-state index contributed by atoms with van der Waals surface area (Å²) in [7, 11) is 1.72. The lowest BCUT2D eigenvalue weighted by atomic mass is 10.0. The van der Waals surface area contributed by atoms with Crippen molar-refractivity contribution in [3.8, 4) is 0 Å². The minimum absolute atomic E-state index is 0.0355. The predicted molar refractivity (Wildman–Crippen MR) is 91.7 cm³/mol. The van der Waals surface area contributed by atoms with E-state index in [0.29, 0.717) is 0 Å². The minimum Gasteiger partial charge on any atom is -0.349 e. The third kappa shape index (κ3) is 3.60. The van der Waals surface area contributed by atoms with Crippen molar-refractivity contribution in [3.05, 3.63) is 64.3 Å². The van der Waals surface area contributed by atoms with Gasteiger partial charge in [-0.2, -0.15) is 0 Å². The molecule has 0 bridgehead atoms. The summed E-state index contributed by atoms with van der Waals surface area (Å²) in [5.41, 5.74) is 1.49. The molecule has 1 saturated heterocycles. The Morgan fingerprint density at radius 2 is 2.16 bits per heavy atom. The molecule has 7 heteroatoms. The Balaban J connectivity index is 1.75. The topological polar surface area (TPSA) is 84.3 Å². The molecule has 0 aromatic carbocycles.